The number of benzene rings is 2. The fraction of sp³-hybridized carbons (Fsp3) is 0.238. The molecule has 0 radical (unpaired) electrons. The first-order valence-corrected chi connectivity index (χ1v) is 8.83. The highest BCUT2D eigenvalue weighted by molar-refractivity contribution is 5.92. The Labute approximate surface area is 156 Å². The molecule has 0 aliphatic rings. The number of rotatable bonds is 6. The number of aromatic nitrogens is 1. The number of hydrogen-bond acceptors (Lipinski definition) is 3. The van der Waals surface area contributed by atoms with E-state index in [1.54, 1.807) is 12.3 Å². The summed E-state index contributed by atoms with van der Waals surface area (Å²) in [6.45, 7) is 4.73. The van der Waals surface area contributed by atoms with Crippen molar-refractivity contribution in [2.75, 3.05) is 11.9 Å². The molecular formula is C21H22FN3O2. The lowest BCUT2D eigenvalue weighted by atomic mass is 10.1. The fourth-order valence-electron chi connectivity index (χ4n) is 2.96. The number of amides is 1. The number of hydrogen-bond donors (Lipinski definition) is 2. The van der Waals surface area contributed by atoms with Gasteiger partial charge in [-0.05, 0) is 55.1 Å². The van der Waals surface area contributed by atoms with Crippen LogP contribution < -0.4 is 10.9 Å². The number of fused-ring (bicyclic) bond motifs is 1. The lowest BCUT2D eigenvalue weighted by molar-refractivity contribution is -0.117. The average Bonchev–Trinajstić information content (AvgIpc) is 2.65. The van der Waals surface area contributed by atoms with Crippen LogP contribution in [0.2, 0.25) is 0 Å². The first-order chi connectivity index (χ1) is 12.9. The van der Waals surface area contributed by atoms with Crippen LogP contribution in [0.3, 0.4) is 0 Å². The molecule has 0 aliphatic carbocycles. The minimum absolute atomic E-state index is 0.120. The second kappa shape index (κ2) is 8.14. The van der Waals surface area contributed by atoms with Gasteiger partial charge < -0.3 is 10.3 Å². The summed E-state index contributed by atoms with van der Waals surface area (Å²) in [7, 11) is 0. The predicted octanol–water partition coefficient (Wildman–Crippen LogP) is 3.52. The van der Waals surface area contributed by atoms with Crippen molar-refractivity contribution in [3.05, 3.63) is 76.5 Å². The van der Waals surface area contributed by atoms with Gasteiger partial charge in [0.15, 0.2) is 0 Å². The maximum Gasteiger partial charge on any atom is 0.255 e. The van der Waals surface area contributed by atoms with Crippen molar-refractivity contribution in [3.8, 4) is 0 Å². The van der Waals surface area contributed by atoms with Crippen molar-refractivity contribution in [1.29, 1.82) is 0 Å². The standard InChI is InChI=1S/C21H22FN3O2/c1-14(2)25(13-20(26)24-17-9-7-16(22)8-10-17)12-15-11-23-21(27)19-6-4-3-5-18(15)19/h3-11,14H,12-13H2,1-2H3,(H,23,27)(H,24,26). The molecule has 3 rings (SSSR count). The number of anilines is 1. The number of H-pyrrole nitrogens is 1. The lowest BCUT2D eigenvalue weighted by Gasteiger charge is -2.26. The van der Waals surface area contributed by atoms with Gasteiger partial charge in [-0.15, -0.1) is 0 Å². The molecular weight excluding hydrogens is 345 g/mol. The third-order valence-electron chi connectivity index (χ3n) is 4.47. The number of carbonyl (C=O) groups excluding carboxylic acids is 1. The van der Waals surface area contributed by atoms with Crippen molar-refractivity contribution in [1.82, 2.24) is 9.88 Å². The van der Waals surface area contributed by atoms with Crippen LogP contribution in [-0.2, 0) is 11.3 Å². The first kappa shape index (κ1) is 18.8. The molecule has 140 valence electrons. The zero-order chi connectivity index (χ0) is 19.4. The molecule has 0 fully saturated rings. The van der Waals surface area contributed by atoms with Gasteiger partial charge in [-0.1, -0.05) is 18.2 Å². The fourth-order valence-corrected chi connectivity index (χ4v) is 2.96. The zero-order valence-corrected chi connectivity index (χ0v) is 15.3. The smallest absolute Gasteiger partial charge is 0.255 e. The summed E-state index contributed by atoms with van der Waals surface area (Å²) in [5, 5.41) is 4.30. The van der Waals surface area contributed by atoms with E-state index in [0.717, 1.165) is 10.9 Å². The summed E-state index contributed by atoms with van der Waals surface area (Å²) in [6, 6.07) is 13.2. The maximum absolute atomic E-state index is 13.0. The number of halogens is 1. The van der Waals surface area contributed by atoms with Crippen LogP contribution in [0.25, 0.3) is 10.8 Å². The van der Waals surface area contributed by atoms with Crippen LogP contribution in [0.5, 0.6) is 0 Å². The van der Waals surface area contributed by atoms with E-state index in [1.165, 1.54) is 24.3 Å². The third kappa shape index (κ3) is 4.60. The predicted molar refractivity (Wildman–Crippen MR) is 105 cm³/mol. The summed E-state index contributed by atoms with van der Waals surface area (Å²) in [4.78, 5) is 29.2. The van der Waals surface area contributed by atoms with E-state index in [0.29, 0.717) is 17.6 Å². The molecule has 0 saturated carbocycles. The Kier molecular flexibility index (Phi) is 5.66. The van der Waals surface area contributed by atoms with Gasteiger partial charge in [0.25, 0.3) is 5.56 Å². The molecule has 0 bridgehead atoms. The van der Waals surface area contributed by atoms with Crippen molar-refractivity contribution in [3.63, 3.8) is 0 Å². The Bertz CT molecular complexity index is 996. The monoisotopic (exact) mass is 367 g/mol. The van der Waals surface area contributed by atoms with Gasteiger partial charge in [0.1, 0.15) is 5.82 Å². The molecule has 1 aromatic heterocycles. The average molecular weight is 367 g/mol. The summed E-state index contributed by atoms with van der Waals surface area (Å²) in [5.41, 5.74) is 1.38. The second-order valence-electron chi connectivity index (χ2n) is 6.74. The Hall–Kier alpha value is -2.99. The highest BCUT2D eigenvalue weighted by Gasteiger charge is 2.16. The molecule has 27 heavy (non-hydrogen) atoms. The molecule has 0 saturated heterocycles. The number of carbonyl (C=O) groups is 1. The molecule has 2 N–H and O–H groups in total. The van der Waals surface area contributed by atoms with Gasteiger partial charge in [-0.25, -0.2) is 4.39 Å². The lowest BCUT2D eigenvalue weighted by Crippen LogP contribution is -2.37. The Balaban J connectivity index is 1.76. The number of nitrogens with zero attached hydrogens (tertiary/aromatic N) is 1. The quantitative estimate of drug-likeness (QED) is 0.701. The van der Waals surface area contributed by atoms with Gasteiger partial charge in [0, 0.05) is 29.9 Å². The first-order valence-electron chi connectivity index (χ1n) is 8.83. The van der Waals surface area contributed by atoms with E-state index in [9.17, 15) is 14.0 Å². The highest BCUT2D eigenvalue weighted by atomic mass is 19.1. The molecule has 5 nitrogen and oxygen atoms in total. The summed E-state index contributed by atoms with van der Waals surface area (Å²) >= 11 is 0. The molecule has 3 aromatic rings. The van der Waals surface area contributed by atoms with Crippen LogP contribution in [0.15, 0.2) is 59.5 Å². The summed E-state index contributed by atoms with van der Waals surface area (Å²) < 4.78 is 13.0. The Morgan fingerprint density at radius 2 is 1.78 bits per heavy atom. The summed E-state index contributed by atoms with van der Waals surface area (Å²) in [6.07, 6.45) is 1.71. The minimum atomic E-state index is -0.346. The normalized spacial score (nSPS) is 11.3. The zero-order valence-electron chi connectivity index (χ0n) is 15.3. The molecule has 2 aromatic carbocycles. The Morgan fingerprint density at radius 3 is 2.44 bits per heavy atom. The summed E-state index contributed by atoms with van der Waals surface area (Å²) in [5.74, 6) is -0.522. The van der Waals surface area contributed by atoms with E-state index in [4.69, 9.17) is 0 Å². The van der Waals surface area contributed by atoms with Crippen molar-refractivity contribution in [2.45, 2.75) is 26.4 Å². The molecule has 0 unspecified atom stereocenters. The van der Waals surface area contributed by atoms with Crippen LogP contribution >= 0.6 is 0 Å². The highest BCUT2D eigenvalue weighted by Crippen LogP contribution is 2.17. The number of aromatic amines is 1. The second-order valence-corrected chi connectivity index (χ2v) is 6.74. The van der Waals surface area contributed by atoms with E-state index in [-0.39, 0.29) is 29.9 Å². The molecule has 1 amide bonds. The van der Waals surface area contributed by atoms with E-state index in [2.05, 4.69) is 10.3 Å². The van der Waals surface area contributed by atoms with Crippen molar-refractivity contribution < 1.29 is 9.18 Å². The van der Waals surface area contributed by atoms with E-state index in [1.807, 2.05) is 36.9 Å². The van der Waals surface area contributed by atoms with Gasteiger partial charge in [-0.2, -0.15) is 0 Å². The molecule has 0 atom stereocenters. The van der Waals surface area contributed by atoms with E-state index >= 15 is 0 Å². The number of nitrogens with one attached hydrogen (secondary N) is 2. The topological polar surface area (TPSA) is 65.2 Å². The van der Waals surface area contributed by atoms with Gasteiger partial charge in [0.2, 0.25) is 5.91 Å². The minimum Gasteiger partial charge on any atom is -0.328 e. The molecule has 0 spiro atoms. The Morgan fingerprint density at radius 1 is 1.11 bits per heavy atom. The van der Waals surface area contributed by atoms with Crippen LogP contribution in [0, 0.1) is 5.82 Å². The molecule has 6 heteroatoms. The van der Waals surface area contributed by atoms with Gasteiger partial charge >= 0.3 is 0 Å². The van der Waals surface area contributed by atoms with Crippen LogP contribution in [-0.4, -0.2) is 28.4 Å². The molecule has 0 aliphatic heterocycles. The van der Waals surface area contributed by atoms with Crippen molar-refractivity contribution >= 4 is 22.4 Å². The molecule has 1 heterocycles. The van der Waals surface area contributed by atoms with Crippen LogP contribution in [0.4, 0.5) is 10.1 Å². The maximum atomic E-state index is 13.0. The third-order valence-corrected chi connectivity index (χ3v) is 4.47. The SMILES string of the molecule is CC(C)N(CC(=O)Nc1ccc(F)cc1)Cc1c[nH]c(=O)c2ccccc12. The van der Waals surface area contributed by atoms with Gasteiger partial charge in [-0.3, -0.25) is 14.5 Å². The van der Waals surface area contributed by atoms with Gasteiger partial charge in [0.05, 0.1) is 6.54 Å². The van der Waals surface area contributed by atoms with E-state index < -0.39 is 0 Å². The number of pyridine rings is 1. The largest absolute Gasteiger partial charge is 0.328 e. The van der Waals surface area contributed by atoms with Crippen molar-refractivity contribution in [2.24, 2.45) is 0 Å². The van der Waals surface area contributed by atoms with Crippen LogP contribution in [0.1, 0.15) is 19.4 Å².